The maximum atomic E-state index is 4.78. The van der Waals surface area contributed by atoms with Crippen molar-refractivity contribution in [3.63, 3.8) is 0 Å². The van der Waals surface area contributed by atoms with Gasteiger partial charge in [0.05, 0.1) is 0 Å². The van der Waals surface area contributed by atoms with Crippen molar-refractivity contribution in [2.75, 3.05) is 0 Å². The van der Waals surface area contributed by atoms with Crippen molar-refractivity contribution in [3.05, 3.63) is 42.5 Å². The van der Waals surface area contributed by atoms with Gasteiger partial charge in [0.15, 0.2) is 6.61 Å². The molecule has 0 fully saturated rings. The van der Waals surface area contributed by atoms with E-state index in [4.69, 9.17) is 4.74 Å². The summed E-state index contributed by atoms with van der Waals surface area (Å²) < 4.78 is 4.78. The molecule has 1 rings (SSSR count). The van der Waals surface area contributed by atoms with Gasteiger partial charge in [-0.25, -0.2) is 0 Å². The van der Waals surface area contributed by atoms with Gasteiger partial charge >= 0.3 is 0 Å². The van der Waals surface area contributed by atoms with Crippen LogP contribution in [0, 0.1) is 6.61 Å². The molecule has 1 nitrogen and oxygen atoms in total. The van der Waals surface area contributed by atoms with E-state index in [9.17, 15) is 0 Å². The first kappa shape index (κ1) is 7.22. The van der Waals surface area contributed by atoms with E-state index < -0.39 is 0 Å². The van der Waals surface area contributed by atoms with Gasteiger partial charge < -0.3 is 4.74 Å². The monoisotopic (exact) mass is 151 g/mol. The highest BCUT2D eigenvalue weighted by Crippen LogP contribution is 2.00. The van der Waals surface area contributed by atoms with Crippen molar-refractivity contribution < 1.29 is 4.74 Å². The minimum absolute atomic E-state index is 1.02. The highest BCUT2D eigenvalue weighted by atomic mass is 32.1. The van der Waals surface area contributed by atoms with Crippen molar-refractivity contribution in [1.82, 2.24) is 0 Å². The first-order valence-corrected chi connectivity index (χ1v) is 3.38. The number of hydrogen-bond donors (Lipinski definition) is 0. The fourth-order valence-corrected chi connectivity index (χ4v) is 0.694. The van der Waals surface area contributed by atoms with E-state index in [2.05, 4.69) is 12.2 Å². The van der Waals surface area contributed by atoms with E-state index in [-0.39, 0.29) is 0 Å². The molecule has 0 atom stereocenters. The van der Waals surface area contributed by atoms with Crippen LogP contribution in [0.2, 0.25) is 0 Å². The smallest absolute Gasteiger partial charge is 0.165 e. The van der Waals surface area contributed by atoms with Crippen molar-refractivity contribution in [1.29, 1.82) is 0 Å². The highest BCUT2D eigenvalue weighted by molar-refractivity contribution is 7.78. The van der Waals surface area contributed by atoms with Gasteiger partial charge in [-0.2, -0.15) is 0 Å². The summed E-state index contributed by atoms with van der Waals surface area (Å²) in [5, 5.41) is 0. The Morgan fingerprint density at radius 3 is 2.50 bits per heavy atom. The second-order valence-electron chi connectivity index (χ2n) is 1.76. The molecule has 0 aliphatic rings. The lowest BCUT2D eigenvalue weighted by Crippen LogP contribution is -1.83. The number of ether oxygens (including phenoxy) is 1. The molecule has 0 saturated heterocycles. The van der Waals surface area contributed by atoms with Gasteiger partial charge in [-0.15, -0.1) is 0 Å². The molecule has 51 valence electrons. The SMILES string of the molecule is S=CO[CH]c1ccccc1. The zero-order chi connectivity index (χ0) is 7.23. The number of benzene rings is 1. The van der Waals surface area contributed by atoms with E-state index in [1.165, 1.54) is 5.55 Å². The topological polar surface area (TPSA) is 9.23 Å². The predicted molar refractivity (Wildman–Crippen MR) is 44.6 cm³/mol. The van der Waals surface area contributed by atoms with Crippen LogP contribution in [0.5, 0.6) is 0 Å². The van der Waals surface area contributed by atoms with Crippen LogP contribution in [0.25, 0.3) is 0 Å². The summed E-state index contributed by atoms with van der Waals surface area (Å²) in [5.41, 5.74) is 2.25. The minimum atomic E-state index is 1.02. The van der Waals surface area contributed by atoms with Crippen LogP contribution in [-0.4, -0.2) is 5.55 Å². The molecular formula is C8H7OS. The molecule has 2 heteroatoms. The fourth-order valence-electron chi connectivity index (χ4n) is 0.638. The molecule has 0 bridgehead atoms. The Kier molecular flexibility index (Phi) is 2.90. The Bertz CT molecular complexity index is 196. The van der Waals surface area contributed by atoms with Gasteiger partial charge in [-0.3, -0.25) is 0 Å². The zero-order valence-electron chi connectivity index (χ0n) is 5.36. The molecule has 0 aliphatic heterocycles. The summed E-state index contributed by atoms with van der Waals surface area (Å²) in [5.74, 6) is 0. The average Bonchev–Trinajstić information content (AvgIpc) is 2.03. The van der Waals surface area contributed by atoms with Gasteiger partial charge in [0.1, 0.15) is 5.55 Å². The van der Waals surface area contributed by atoms with E-state index in [0.717, 1.165) is 5.56 Å². The predicted octanol–water partition coefficient (Wildman–Crippen LogP) is 2.17. The third-order valence-corrected chi connectivity index (χ3v) is 1.17. The first-order valence-electron chi connectivity index (χ1n) is 2.91. The molecule has 0 amide bonds. The summed E-state index contributed by atoms with van der Waals surface area (Å²) in [4.78, 5) is 0. The standard InChI is InChI=1S/C8H7OS/c10-7-9-6-8-4-2-1-3-5-8/h1-7H. The third-order valence-electron chi connectivity index (χ3n) is 1.06. The minimum Gasteiger partial charge on any atom is -0.478 e. The second kappa shape index (κ2) is 4.01. The quantitative estimate of drug-likeness (QED) is 0.612. The third kappa shape index (κ3) is 2.15. The summed E-state index contributed by atoms with van der Waals surface area (Å²) in [6, 6.07) is 9.73. The van der Waals surface area contributed by atoms with Gasteiger partial charge in [0, 0.05) is 0 Å². The molecule has 0 aliphatic carbocycles. The molecule has 0 N–H and O–H groups in total. The summed E-state index contributed by atoms with van der Waals surface area (Å²) in [6.07, 6.45) is 0. The maximum absolute atomic E-state index is 4.78. The first-order chi connectivity index (χ1) is 4.93. The van der Waals surface area contributed by atoms with Crippen molar-refractivity contribution in [3.8, 4) is 0 Å². The van der Waals surface area contributed by atoms with Crippen LogP contribution in [0.4, 0.5) is 0 Å². The Morgan fingerprint density at radius 1 is 1.20 bits per heavy atom. The molecule has 0 unspecified atom stereocenters. The van der Waals surface area contributed by atoms with E-state index in [1.807, 2.05) is 30.3 Å². The zero-order valence-corrected chi connectivity index (χ0v) is 6.17. The van der Waals surface area contributed by atoms with Gasteiger partial charge in [0.2, 0.25) is 0 Å². The number of rotatable bonds is 3. The Morgan fingerprint density at radius 2 is 1.90 bits per heavy atom. The largest absolute Gasteiger partial charge is 0.478 e. The van der Waals surface area contributed by atoms with E-state index in [0.29, 0.717) is 0 Å². The van der Waals surface area contributed by atoms with Crippen LogP contribution in [0.1, 0.15) is 5.56 Å². The average molecular weight is 151 g/mol. The van der Waals surface area contributed by atoms with Crippen LogP contribution < -0.4 is 0 Å². The van der Waals surface area contributed by atoms with E-state index >= 15 is 0 Å². The summed E-state index contributed by atoms with van der Waals surface area (Å²) in [6.45, 7) is 1.60. The van der Waals surface area contributed by atoms with Crippen molar-refractivity contribution in [2.45, 2.75) is 0 Å². The molecule has 1 aromatic rings. The molecular weight excluding hydrogens is 144 g/mol. The Balaban J connectivity index is 2.50. The molecule has 1 radical (unpaired) electrons. The summed E-state index contributed by atoms with van der Waals surface area (Å²) >= 11 is 4.47. The molecule has 0 aromatic heterocycles. The number of thiocarbonyl (C=S) groups is 1. The van der Waals surface area contributed by atoms with Gasteiger partial charge in [0.25, 0.3) is 0 Å². The van der Waals surface area contributed by atoms with Crippen LogP contribution in [0.3, 0.4) is 0 Å². The normalized spacial score (nSPS) is 8.80. The highest BCUT2D eigenvalue weighted by Gasteiger charge is 1.87. The molecule has 1 aromatic carbocycles. The lowest BCUT2D eigenvalue weighted by atomic mass is 10.2. The molecule has 10 heavy (non-hydrogen) atoms. The van der Waals surface area contributed by atoms with Crippen molar-refractivity contribution >= 4 is 17.8 Å². The van der Waals surface area contributed by atoms with Crippen LogP contribution in [0.15, 0.2) is 30.3 Å². The molecule has 0 saturated carbocycles. The molecule has 0 heterocycles. The molecule has 0 spiro atoms. The lowest BCUT2D eigenvalue weighted by molar-refractivity contribution is 0.447. The maximum Gasteiger partial charge on any atom is 0.165 e. The van der Waals surface area contributed by atoms with Crippen molar-refractivity contribution in [2.24, 2.45) is 0 Å². The lowest BCUT2D eigenvalue weighted by Gasteiger charge is -1.95. The van der Waals surface area contributed by atoms with E-state index in [1.54, 1.807) is 6.61 Å². The number of hydrogen-bond acceptors (Lipinski definition) is 2. The van der Waals surface area contributed by atoms with Gasteiger partial charge in [-0.05, 0) is 17.8 Å². The fraction of sp³-hybridized carbons (Fsp3) is 0. The Labute approximate surface area is 65.6 Å². The van der Waals surface area contributed by atoms with Gasteiger partial charge in [-0.1, -0.05) is 30.3 Å². The Hall–Kier alpha value is -0.890. The van der Waals surface area contributed by atoms with Crippen LogP contribution >= 0.6 is 12.2 Å². The second-order valence-corrected chi connectivity index (χ2v) is 1.95. The van der Waals surface area contributed by atoms with Crippen LogP contribution in [-0.2, 0) is 4.74 Å². The summed E-state index contributed by atoms with van der Waals surface area (Å²) in [7, 11) is 0.